The molecule has 4 aromatic rings. The summed E-state index contributed by atoms with van der Waals surface area (Å²) >= 11 is 5.90. The lowest BCUT2D eigenvalue weighted by molar-refractivity contribution is 0.0727. The molecule has 0 unspecified atom stereocenters. The van der Waals surface area contributed by atoms with Crippen molar-refractivity contribution in [2.24, 2.45) is 5.10 Å². The molecule has 0 saturated carbocycles. The number of methoxy groups -OCH3 is 3. The number of halogens is 1. The van der Waals surface area contributed by atoms with E-state index in [1.165, 1.54) is 39.7 Å². The molecule has 0 spiro atoms. The topological polar surface area (TPSA) is 134 Å². The number of carbonyl (C=O) groups excluding carboxylic acids is 3. The van der Waals surface area contributed by atoms with Crippen molar-refractivity contribution in [2.75, 3.05) is 33.3 Å². The SMILES string of the molecule is CCOc1cc(/C=N\NC(=O)c2ccccc2NC(=O)c2ccc(Cl)cc2)ccc1OC(=O)c1cc(OC)c(OC)c(OC)c1. The predicted octanol–water partition coefficient (Wildman–Crippen LogP) is 6.00. The van der Waals surface area contributed by atoms with Gasteiger partial charge in [0, 0.05) is 10.6 Å². The summed E-state index contributed by atoms with van der Waals surface area (Å²) in [5, 5.41) is 7.28. The van der Waals surface area contributed by atoms with Gasteiger partial charge in [-0.15, -0.1) is 0 Å². The molecule has 232 valence electrons. The molecule has 4 aromatic carbocycles. The number of amides is 2. The Morgan fingerprint density at radius 2 is 1.47 bits per heavy atom. The Balaban J connectivity index is 1.46. The molecule has 0 aliphatic rings. The zero-order valence-corrected chi connectivity index (χ0v) is 25.6. The number of nitrogens with zero attached hydrogens (tertiary/aromatic N) is 1. The summed E-state index contributed by atoms with van der Waals surface area (Å²) < 4.78 is 27.3. The fourth-order valence-electron chi connectivity index (χ4n) is 4.13. The van der Waals surface area contributed by atoms with Crippen molar-refractivity contribution >= 4 is 41.3 Å². The van der Waals surface area contributed by atoms with Gasteiger partial charge >= 0.3 is 5.97 Å². The quantitative estimate of drug-likeness (QED) is 0.0842. The molecule has 0 bridgehead atoms. The average Bonchev–Trinajstić information content (AvgIpc) is 3.05. The van der Waals surface area contributed by atoms with E-state index < -0.39 is 17.8 Å². The minimum absolute atomic E-state index is 0.169. The highest BCUT2D eigenvalue weighted by Gasteiger charge is 2.20. The monoisotopic (exact) mass is 631 g/mol. The van der Waals surface area contributed by atoms with E-state index in [2.05, 4.69) is 15.8 Å². The Labute approximate surface area is 264 Å². The van der Waals surface area contributed by atoms with Crippen LogP contribution in [-0.4, -0.2) is 51.9 Å². The van der Waals surface area contributed by atoms with Crippen molar-refractivity contribution in [2.45, 2.75) is 6.92 Å². The highest BCUT2D eigenvalue weighted by atomic mass is 35.5. The van der Waals surface area contributed by atoms with Crippen LogP contribution in [0.25, 0.3) is 0 Å². The number of hydrogen-bond acceptors (Lipinski definition) is 9. The largest absolute Gasteiger partial charge is 0.493 e. The van der Waals surface area contributed by atoms with E-state index in [-0.39, 0.29) is 22.6 Å². The van der Waals surface area contributed by atoms with E-state index in [1.54, 1.807) is 73.7 Å². The minimum atomic E-state index is -0.675. The van der Waals surface area contributed by atoms with Crippen molar-refractivity contribution in [3.8, 4) is 28.7 Å². The number of hydrogen-bond donors (Lipinski definition) is 2. The Morgan fingerprint density at radius 3 is 2.11 bits per heavy atom. The number of esters is 1. The number of carbonyl (C=O) groups is 3. The Bertz CT molecular complexity index is 1700. The highest BCUT2D eigenvalue weighted by molar-refractivity contribution is 6.30. The van der Waals surface area contributed by atoms with Crippen LogP contribution in [0.2, 0.25) is 5.02 Å². The maximum absolute atomic E-state index is 13.0. The molecule has 12 heteroatoms. The van der Waals surface area contributed by atoms with E-state index >= 15 is 0 Å². The zero-order chi connectivity index (χ0) is 32.3. The lowest BCUT2D eigenvalue weighted by Gasteiger charge is -2.15. The number of ether oxygens (including phenoxy) is 5. The molecule has 0 heterocycles. The van der Waals surface area contributed by atoms with Crippen LogP contribution in [-0.2, 0) is 0 Å². The number of para-hydroxylation sites is 1. The molecular formula is C33H30ClN3O8. The van der Waals surface area contributed by atoms with Crippen LogP contribution in [0, 0.1) is 0 Å². The normalized spacial score (nSPS) is 10.6. The van der Waals surface area contributed by atoms with Crippen molar-refractivity contribution in [1.82, 2.24) is 5.43 Å². The van der Waals surface area contributed by atoms with Crippen LogP contribution in [0.3, 0.4) is 0 Å². The van der Waals surface area contributed by atoms with Crippen LogP contribution < -0.4 is 34.4 Å². The second-order valence-electron chi connectivity index (χ2n) is 9.15. The van der Waals surface area contributed by atoms with E-state index in [1.807, 2.05) is 0 Å². The van der Waals surface area contributed by atoms with Gasteiger partial charge < -0.3 is 29.0 Å². The summed E-state index contributed by atoms with van der Waals surface area (Å²) in [7, 11) is 4.36. The minimum Gasteiger partial charge on any atom is -0.493 e. The van der Waals surface area contributed by atoms with Gasteiger partial charge in [0.15, 0.2) is 23.0 Å². The number of rotatable bonds is 12. The molecule has 0 fully saturated rings. The maximum Gasteiger partial charge on any atom is 0.343 e. The first-order chi connectivity index (χ1) is 21.8. The lowest BCUT2D eigenvalue weighted by atomic mass is 10.1. The molecule has 0 saturated heterocycles. The second kappa shape index (κ2) is 15.3. The van der Waals surface area contributed by atoms with E-state index in [0.29, 0.717) is 45.7 Å². The lowest BCUT2D eigenvalue weighted by Crippen LogP contribution is -2.21. The molecule has 0 aliphatic carbocycles. The molecule has 45 heavy (non-hydrogen) atoms. The van der Waals surface area contributed by atoms with E-state index in [0.717, 1.165) is 0 Å². The fraction of sp³-hybridized carbons (Fsp3) is 0.152. The van der Waals surface area contributed by atoms with Gasteiger partial charge in [0.25, 0.3) is 11.8 Å². The summed E-state index contributed by atoms with van der Waals surface area (Å²) in [4.78, 5) is 38.6. The van der Waals surface area contributed by atoms with Gasteiger partial charge in [0.05, 0.1) is 51.0 Å². The smallest absolute Gasteiger partial charge is 0.343 e. The van der Waals surface area contributed by atoms with E-state index in [9.17, 15) is 14.4 Å². The van der Waals surface area contributed by atoms with Gasteiger partial charge in [0.1, 0.15) is 0 Å². The molecule has 2 amide bonds. The molecule has 4 rings (SSSR count). The average molecular weight is 632 g/mol. The molecular weight excluding hydrogens is 602 g/mol. The molecule has 0 aliphatic heterocycles. The Kier molecular flexibility index (Phi) is 11.0. The molecule has 0 radical (unpaired) electrons. The standard InChI is InChI=1S/C33H30ClN3O8/c1-5-44-27-16-20(10-15-26(27)45-33(40)22-17-28(41-2)30(43-4)29(18-22)42-3)19-35-37-32(39)24-8-6-7-9-25(24)36-31(38)21-11-13-23(34)14-12-21/h6-19H,5H2,1-4H3,(H,36,38)(H,37,39)/b35-19-. The van der Waals surface area contributed by atoms with Gasteiger partial charge in [-0.1, -0.05) is 23.7 Å². The third-order valence-corrected chi connectivity index (χ3v) is 6.53. The fourth-order valence-corrected chi connectivity index (χ4v) is 4.25. The van der Waals surface area contributed by atoms with Gasteiger partial charge in [-0.3, -0.25) is 9.59 Å². The summed E-state index contributed by atoms with van der Waals surface area (Å²) in [5.41, 5.74) is 4.08. The first kappa shape index (κ1) is 32.4. The summed E-state index contributed by atoms with van der Waals surface area (Å²) in [5.74, 6) is -0.225. The maximum atomic E-state index is 13.0. The van der Waals surface area contributed by atoms with Crippen LogP contribution >= 0.6 is 11.6 Å². The first-order valence-electron chi connectivity index (χ1n) is 13.6. The van der Waals surface area contributed by atoms with Crippen LogP contribution in [0.5, 0.6) is 28.7 Å². The van der Waals surface area contributed by atoms with Crippen molar-refractivity contribution < 1.29 is 38.1 Å². The van der Waals surface area contributed by atoms with Gasteiger partial charge in [-0.25, -0.2) is 10.2 Å². The van der Waals surface area contributed by atoms with Crippen LogP contribution in [0.15, 0.2) is 84.0 Å². The summed E-state index contributed by atoms with van der Waals surface area (Å²) in [6, 6.07) is 20.7. The molecule has 0 atom stereocenters. The van der Waals surface area contributed by atoms with Crippen molar-refractivity contribution in [3.05, 3.63) is 106 Å². The molecule has 11 nitrogen and oxygen atoms in total. The first-order valence-corrected chi connectivity index (χ1v) is 13.9. The second-order valence-corrected chi connectivity index (χ2v) is 9.58. The Hall–Kier alpha value is -5.55. The van der Waals surface area contributed by atoms with Gasteiger partial charge in [-0.2, -0.15) is 5.10 Å². The van der Waals surface area contributed by atoms with E-state index in [4.69, 9.17) is 35.3 Å². The number of anilines is 1. The van der Waals surface area contributed by atoms with Crippen molar-refractivity contribution in [3.63, 3.8) is 0 Å². The Morgan fingerprint density at radius 1 is 0.778 bits per heavy atom. The highest BCUT2D eigenvalue weighted by Crippen LogP contribution is 2.39. The number of benzene rings is 4. The zero-order valence-electron chi connectivity index (χ0n) is 24.9. The summed E-state index contributed by atoms with van der Waals surface area (Å²) in [6.45, 7) is 2.08. The summed E-state index contributed by atoms with van der Waals surface area (Å²) in [6.07, 6.45) is 1.40. The molecule has 2 N–H and O–H groups in total. The number of nitrogens with one attached hydrogen (secondary N) is 2. The van der Waals surface area contributed by atoms with Gasteiger partial charge in [-0.05, 0) is 79.2 Å². The van der Waals surface area contributed by atoms with Gasteiger partial charge in [0.2, 0.25) is 5.75 Å². The van der Waals surface area contributed by atoms with Crippen LogP contribution in [0.4, 0.5) is 5.69 Å². The predicted molar refractivity (Wildman–Crippen MR) is 170 cm³/mol. The third-order valence-electron chi connectivity index (χ3n) is 6.28. The third kappa shape index (κ3) is 8.09. The van der Waals surface area contributed by atoms with Crippen molar-refractivity contribution in [1.29, 1.82) is 0 Å². The number of hydrazone groups is 1. The van der Waals surface area contributed by atoms with Crippen LogP contribution in [0.1, 0.15) is 43.6 Å². The molecule has 0 aromatic heterocycles.